The third kappa shape index (κ3) is 6.99. The summed E-state index contributed by atoms with van der Waals surface area (Å²) in [6, 6.07) is 0.693. The van der Waals surface area contributed by atoms with E-state index >= 15 is 0 Å². The van der Waals surface area contributed by atoms with Gasteiger partial charge in [0.15, 0.2) is 0 Å². The summed E-state index contributed by atoms with van der Waals surface area (Å²) in [6.45, 7) is 8.69. The van der Waals surface area contributed by atoms with Crippen molar-refractivity contribution in [2.45, 2.75) is 39.3 Å². The molecule has 0 amide bonds. The van der Waals surface area contributed by atoms with Gasteiger partial charge in [-0.3, -0.25) is 0 Å². The fraction of sp³-hybridized carbons (Fsp3) is 1.00. The first kappa shape index (κ1) is 12.9. The Balaban J connectivity index is 3.59. The van der Waals surface area contributed by atoms with Crippen molar-refractivity contribution in [3.8, 4) is 0 Å². The number of nitrogens with zero attached hydrogens (tertiary/aromatic N) is 1. The Kier molecular flexibility index (Phi) is 7.23. The smallest absolute Gasteiger partial charge is 0.0585 e. The van der Waals surface area contributed by atoms with E-state index in [4.69, 9.17) is 5.11 Å². The lowest BCUT2D eigenvalue weighted by molar-refractivity contribution is 0.212. The second-order valence-electron chi connectivity index (χ2n) is 3.89. The Morgan fingerprint density at radius 1 is 1.38 bits per heavy atom. The quantitative estimate of drug-likeness (QED) is 0.617. The van der Waals surface area contributed by atoms with E-state index in [1.165, 1.54) is 0 Å². The fourth-order valence-electron chi connectivity index (χ4n) is 1.23. The van der Waals surface area contributed by atoms with Crippen LogP contribution in [0.2, 0.25) is 0 Å². The van der Waals surface area contributed by atoms with Crippen LogP contribution in [0, 0.1) is 0 Å². The Morgan fingerprint density at radius 2 is 2.00 bits per heavy atom. The molecule has 0 heterocycles. The molecule has 0 aromatic carbocycles. The van der Waals surface area contributed by atoms with Gasteiger partial charge in [0.25, 0.3) is 0 Å². The van der Waals surface area contributed by atoms with E-state index in [0.717, 1.165) is 19.5 Å². The van der Waals surface area contributed by atoms with Crippen LogP contribution in [0.1, 0.15) is 27.2 Å². The highest BCUT2D eigenvalue weighted by atomic mass is 16.3. The number of hydrogen-bond acceptors (Lipinski definition) is 3. The molecule has 0 bridgehead atoms. The predicted molar refractivity (Wildman–Crippen MR) is 56.9 cm³/mol. The number of aliphatic hydroxyl groups is 1. The maximum Gasteiger partial charge on any atom is 0.0585 e. The van der Waals surface area contributed by atoms with Gasteiger partial charge in [0.05, 0.1) is 6.61 Å². The molecule has 0 rings (SSSR count). The molecule has 0 aliphatic carbocycles. The normalized spacial score (nSPS) is 14.1. The summed E-state index contributed by atoms with van der Waals surface area (Å²) >= 11 is 0. The van der Waals surface area contributed by atoms with Gasteiger partial charge in [-0.2, -0.15) is 0 Å². The van der Waals surface area contributed by atoms with E-state index in [0.29, 0.717) is 6.04 Å². The zero-order chi connectivity index (χ0) is 10.3. The van der Waals surface area contributed by atoms with Crippen molar-refractivity contribution in [2.75, 3.05) is 26.7 Å². The maximum atomic E-state index is 9.08. The van der Waals surface area contributed by atoms with Crippen molar-refractivity contribution in [1.82, 2.24) is 10.2 Å². The van der Waals surface area contributed by atoms with Crippen molar-refractivity contribution < 1.29 is 5.11 Å². The topological polar surface area (TPSA) is 35.5 Å². The second kappa shape index (κ2) is 7.30. The highest BCUT2D eigenvalue weighted by Gasteiger charge is 2.08. The average Bonchev–Trinajstić information content (AvgIpc) is 2.10. The summed E-state index contributed by atoms with van der Waals surface area (Å²) in [6.07, 6.45) is 1.01. The van der Waals surface area contributed by atoms with Gasteiger partial charge in [-0.05, 0) is 26.6 Å². The van der Waals surface area contributed by atoms with Gasteiger partial charge in [-0.25, -0.2) is 0 Å². The van der Waals surface area contributed by atoms with Crippen molar-refractivity contribution in [3.63, 3.8) is 0 Å². The molecule has 3 nitrogen and oxygen atoms in total. The van der Waals surface area contributed by atoms with Crippen LogP contribution in [0.25, 0.3) is 0 Å². The summed E-state index contributed by atoms with van der Waals surface area (Å²) < 4.78 is 0. The molecule has 0 spiro atoms. The van der Waals surface area contributed by atoms with Gasteiger partial charge < -0.3 is 15.3 Å². The zero-order valence-corrected chi connectivity index (χ0v) is 9.38. The Bertz CT molecular complexity index is 117. The van der Waals surface area contributed by atoms with E-state index in [9.17, 15) is 0 Å². The van der Waals surface area contributed by atoms with Crippen LogP contribution in [-0.4, -0.2) is 48.8 Å². The van der Waals surface area contributed by atoms with Crippen molar-refractivity contribution in [2.24, 2.45) is 0 Å². The lowest BCUT2D eigenvalue weighted by Gasteiger charge is -2.22. The van der Waals surface area contributed by atoms with Crippen molar-refractivity contribution in [3.05, 3.63) is 0 Å². The first-order chi connectivity index (χ1) is 6.10. The van der Waals surface area contributed by atoms with Crippen molar-refractivity contribution >= 4 is 0 Å². The lowest BCUT2D eigenvalue weighted by Crippen LogP contribution is -2.39. The van der Waals surface area contributed by atoms with E-state index in [-0.39, 0.29) is 12.6 Å². The van der Waals surface area contributed by atoms with Crippen LogP contribution in [-0.2, 0) is 0 Å². The summed E-state index contributed by atoms with van der Waals surface area (Å²) in [5.74, 6) is 0. The molecule has 80 valence electrons. The van der Waals surface area contributed by atoms with E-state index in [1.54, 1.807) is 0 Å². The van der Waals surface area contributed by atoms with Crippen LogP contribution in [0.5, 0.6) is 0 Å². The highest BCUT2D eigenvalue weighted by Crippen LogP contribution is 1.95. The van der Waals surface area contributed by atoms with Gasteiger partial charge >= 0.3 is 0 Å². The van der Waals surface area contributed by atoms with Gasteiger partial charge in [-0.15, -0.1) is 0 Å². The molecule has 3 heteroatoms. The van der Waals surface area contributed by atoms with Gasteiger partial charge in [0.2, 0.25) is 0 Å². The first-order valence-corrected chi connectivity index (χ1v) is 5.15. The monoisotopic (exact) mass is 188 g/mol. The molecule has 0 radical (unpaired) electrons. The molecule has 0 saturated carbocycles. The SMILES string of the molecule is CCN(C)CCC(CO)NC(C)C. The molecule has 0 aliphatic heterocycles. The average molecular weight is 188 g/mol. The third-order valence-electron chi connectivity index (χ3n) is 2.19. The number of hydrogen-bond donors (Lipinski definition) is 2. The van der Waals surface area contributed by atoms with Crippen LogP contribution < -0.4 is 5.32 Å². The predicted octanol–water partition coefficient (Wildman–Crippen LogP) is 0.687. The van der Waals surface area contributed by atoms with Crippen LogP contribution in [0.15, 0.2) is 0 Å². The fourth-order valence-corrected chi connectivity index (χ4v) is 1.23. The van der Waals surface area contributed by atoms with Crippen LogP contribution in [0.3, 0.4) is 0 Å². The van der Waals surface area contributed by atoms with E-state index < -0.39 is 0 Å². The number of aliphatic hydroxyl groups excluding tert-OH is 1. The summed E-state index contributed by atoms with van der Waals surface area (Å²) in [4.78, 5) is 2.25. The largest absolute Gasteiger partial charge is 0.395 e. The van der Waals surface area contributed by atoms with E-state index in [2.05, 4.69) is 38.0 Å². The number of nitrogens with one attached hydrogen (secondary N) is 1. The lowest BCUT2D eigenvalue weighted by atomic mass is 10.2. The number of rotatable bonds is 7. The Hall–Kier alpha value is -0.120. The minimum absolute atomic E-state index is 0.232. The maximum absolute atomic E-state index is 9.08. The molecule has 0 saturated heterocycles. The van der Waals surface area contributed by atoms with E-state index in [1.807, 2.05) is 0 Å². The molecule has 1 atom stereocenters. The molecule has 0 aromatic heterocycles. The minimum Gasteiger partial charge on any atom is -0.395 e. The van der Waals surface area contributed by atoms with Crippen LogP contribution >= 0.6 is 0 Å². The molecular weight excluding hydrogens is 164 g/mol. The van der Waals surface area contributed by atoms with Crippen LogP contribution in [0.4, 0.5) is 0 Å². The minimum atomic E-state index is 0.232. The molecule has 0 aliphatic rings. The van der Waals surface area contributed by atoms with Crippen molar-refractivity contribution in [1.29, 1.82) is 0 Å². The van der Waals surface area contributed by atoms with Gasteiger partial charge in [0.1, 0.15) is 0 Å². The highest BCUT2D eigenvalue weighted by molar-refractivity contribution is 4.69. The standard InChI is InChI=1S/C10H24N2O/c1-5-12(4)7-6-10(8-13)11-9(2)3/h9-11,13H,5-8H2,1-4H3. The molecule has 1 unspecified atom stereocenters. The second-order valence-corrected chi connectivity index (χ2v) is 3.89. The molecule has 0 aromatic rings. The first-order valence-electron chi connectivity index (χ1n) is 5.15. The van der Waals surface area contributed by atoms with Gasteiger partial charge in [0, 0.05) is 12.1 Å². The third-order valence-corrected chi connectivity index (χ3v) is 2.19. The zero-order valence-electron chi connectivity index (χ0n) is 9.38. The summed E-state index contributed by atoms with van der Waals surface area (Å²) in [7, 11) is 2.10. The molecule has 13 heavy (non-hydrogen) atoms. The Labute approximate surface area is 82.1 Å². The summed E-state index contributed by atoms with van der Waals surface area (Å²) in [5.41, 5.74) is 0. The van der Waals surface area contributed by atoms with Gasteiger partial charge in [-0.1, -0.05) is 20.8 Å². The molecular formula is C10H24N2O. The molecule has 0 fully saturated rings. The summed E-state index contributed by atoms with van der Waals surface area (Å²) in [5, 5.41) is 12.4. The Morgan fingerprint density at radius 3 is 2.38 bits per heavy atom. The molecule has 2 N–H and O–H groups in total.